The number of aryl methyl sites for hydroxylation is 13. The number of fused-ring (bicyclic) bond motifs is 8. The number of hydrogen-bond acceptors (Lipinski definition) is 15. The van der Waals surface area contributed by atoms with Crippen LogP contribution in [0.4, 0.5) is 45.5 Å². The number of H-pyrrole nitrogens is 2. The van der Waals surface area contributed by atoms with Crippen LogP contribution in [0.25, 0.3) is 87.2 Å². The third-order valence-corrected chi connectivity index (χ3v) is 27.1. The molecule has 8 aromatic heterocycles. The highest BCUT2D eigenvalue weighted by atomic mass is 16.5. The third-order valence-electron chi connectivity index (χ3n) is 27.1. The molecule has 0 radical (unpaired) electrons. The van der Waals surface area contributed by atoms with Gasteiger partial charge in [-0.3, -0.25) is 0 Å². The highest BCUT2D eigenvalue weighted by Crippen LogP contribution is 2.44. The van der Waals surface area contributed by atoms with Crippen molar-refractivity contribution in [2.75, 3.05) is 94.1 Å². The van der Waals surface area contributed by atoms with E-state index in [2.05, 4.69) is 227 Å². The van der Waals surface area contributed by atoms with Gasteiger partial charge in [-0.2, -0.15) is 0 Å². The number of anilines is 8. The van der Waals surface area contributed by atoms with Crippen LogP contribution < -0.4 is 64.8 Å². The van der Waals surface area contributed by atoms with Crippen LogP contribution in [0.1, 0.15) is 212 Å². The van der Waals surface area contributed by atoms with E-state index < -0.39 is 0 Å². The monoisotopic (exact) mass is 1790 g/mol. The normalized spacial score (nSPS) is 11.3. The van der Waals surface area contributed by atoms with E-state index in [1.807, 2.05) is 94.5 Å². The summed E-state index contributed by atoms with van der Waals surface area (Å²) in [6.45, 7) is 53.6. The van der Waals surface area contributed by atoms with Crippen LogP contribution >= 0.6 is 0 Å². The molecule has 8 aromatic carbocycles. The first-order valence-electron chi connectivity index (χ1n) is 45.9. The van der Waals surface area contributed by atoms with Crippen LogP contribution in [0.15, 0.2) is 97.1 Å². The van der Waals surface area contributed by atoms with Crippen LogP contribution in [0.2, 0.25) is 0 Å². The maximum absolute atomic E-state index is 9.33. The quantitative estimate of drug-likeness (QED) is 0.0377. The predicted octanol–water partition coefficient (Wildman–Crippen LogP) is 22.7. The van der Waals surface area contributed by atoms with Crippen molar-refractivity contribution in [3.8, 4) is 23.0 Å². The topological polar surface area (TPSA) is 367 Å². The maximum Gasteiger partial charge on any atom is 0.143 e. The molecule has 23 heteroatoms. The first kappa shape index (κ1) is 102. The van der Waals surface area contributed by atoms with Gasteiger partial charge in [-0.1, -0.05) is 100 Å². The van der Waals surface area contributed by atoms with Gasteiger partial charge in [-0.15, -0.1) is 0 Å². The van der Waals surface area contributed by atoms with E-state index in [0.29, 0.717) is 43.3 Å². The van der Waals surface area contributed by atoms with Crippen molar-refractivity contribution in [2.45, 2.75) is 229 Å². The number of nitrogens with zero attached hydrogens (tertiary/aromatic N) is 6. The number of aliphatic hydroxyl groups is 3. The Morgan fingerprint density at radius 1 is 0.275 bits per heavy atom. The molecule has 0 unspecified atom stereocenters. The number of aliphatic hydroxyl groups excluding tert-OH is 3. The number of nitrogen functional groups attached to an aromatic ring is 8. The third kappa shape index (κ3) is 19.7. The number of ether oxygens (including phenoxy) is 4. The van der Waals surface area contributed by atoms with Gasteiger partial charge in [0.05, 0.1) is 92.4 Å². The van der Waals surface area contributed by atoms with Gasteiger partial charge >= 0.3 is 0 Å². The van der Waals surface area contributed by atoms with Crippen LogP contribution in [0.5, 0.6) is 23.0 Å². The zero-order valence-corrected chi connectivity index (χ0v) is 84.2. The lowest BCUT2D eigenvalue weighted by Gasteiger charge is -2.13. The Labute approximate surface area is 776 Å². The number of methoxy groups -OCH3 is 4. The van der Waals surface area contributed by atoms with Crippen LogP contribution in [-0.4, -0.2) is 101 Å². The molecule has 0 fully saturated rings. The molecule has 0 aliphatic heterocycles. The van der Waals surface area contributed by atoms with Gasteiger partial charge in [0.25, 0.3) is 0 Å². The molecule has 0 aliphatic carbocycles. The number of benzene rings is 8. The SMILES string of the molecule is CCc1c(C)[nH]c2c(OC)ccc(N)c12.CCc1c(C)n(C)c2c(C(C)C)ccc(N)c12.CCc1c(C)n(CCO)c2c(C(C)C)ccc(N)c12.COc1ccc(N)c2c(C)c(C)[nH]c12.COc1ccc(N)c2c(C)c(C)n(C)c12.COc1ccc(N)c2c(C)c(C)n(CCO)c12.Cc1c(C)n(C)c2c(C(C)C)ccc(N)c12.Cc1c(C)n(CCO)c2c(C(C)C)ccc(N)c12. The fourth-order valence-electron chi connectivity index (χ4n) is 19.2. The molecule has 0 saturated heterocycles. The van der Waals surface area contributed by atoms with E-state index >= 15 is 0 Å². The van der Waals surface area contributed by atoms with E-state index in [0.717, 1.165) is 154 Å². The summed E-state index contributed by atoms with van der Waals surface area (Å²) in [4.78, 5) is 6.62. The molecule has 21 N–H and O–H groups in total. The van der Waals surface area contributed by atoms with Crippen molar-refractivity contribution in [2.24, 2.45) is 21.1 Å². The highest BCUT2D eigenvalue weighted by Gasteiger charge is 2.25. The molecule has 0 spiro atoms. The lowest BCUT2D eigenvalue weighted by Crippen LogP contribution is -2.06. The summed E-state index contributed by atoms with van der Waals surface area (Å²) in [6, 6.07) is 31.7. The molecule has 0 bridgehead atoms. The molecule has 16 aromatic rings. The Hall–Kier alpha value is -12.4. The van der Waals surface area contributed by atoms with E-state index in [1.165, 1.54) is 134 Å². The van der Waals surface area contributed by atoms with E-state index in [4.69, 9.17) is 69.9 Å². The van der Waals surface area contributed by atoms with Gasteiger partial charge in [-0.25, -0.2) is 0 Å². The van der Waals surface area contributed by atoms with Gasteiger partial charge < -0.3 is 118 Å². The highest BCUT2D eigenvalue weighted by molar-refractivity contribution is 6.04. The van der Waals surface area contributed by atoms with Crippen molar-refractivity contribution in [3.63, 3.8) is 0 Å². The van der Waals surface area contributed by atoms with Crippen molar-refractivity contribution >= 4 is 133 Å². The molecule has 706 valence electrons. The second-order valence-corrected chi connectivity index (χ2v) is 35.8. The molecule has 23 nitrogen and oxygen atoms in total. The van der Waals surface area contributed by atoms with Crippen LogP contribution in [0, 0.1) is 90.0 Å². The zero-order chi connectivity index (χ0) is 97.4. The minimum atomic E-state index is 0.0992. The Morgan fingerprint density at radius 3 is 0.924 bits per heavy atom. The summed E-state index contributed by atoms with van der Waals surface area (Å²) >= 11 is 0. The second kappa shape index (κ2) is 43.1. The van der Waals surface area contributed by atoms with Gasteiger partial charge in [0.2, 0.25) is 0 Å². The number of nitrogens with two attached hydrogens (primary N) is 8. The number of hydrogen-bond donors (Lipinski definition) is 13. The summed E-state index contributed by atoms with van der Waals surface area (Å²) in [7, 11) is 13.0. The molecule has 131 heavy (non-hydrogen) atoms. The molecular formula is C108H152N16O7. The molecule has 0 amide bonds. The van der Waals surface area contributed by atoms with Gasteiger partial charge in [0, 0.05) is 175 Å². The minimum Gasteiger partial charge on any atom is -0.495 e. The van der Waals surface area contributed by atoms with Crippen molar-refractivity contribution < 1.29 is 34.3 Å². The Balaban J connectivity index is 0.000000169. The standard InChI is InChI=1S/C16H24N2O.C15H22N2O.C15H22N2.C14H20N2.C13H18N2O2.2C12H16N2O.C11H14N2O/c1-5-12-11(4)18(8-9-19)16-13(10(2)3)6-7-14(17)15(12)16;1-9(2)12-5-6-13(16)14-10(3)11(4)17(7-8-18)15(12)14;1-6-11-10(4)17(5)15-12(9(2)3)7-8-13(16)14(11)15;1-8(2)11-6-7-12(15)13-9(3)10(4)16(5)14(11)13;1-8-9(2)15(6-7-16)13-11(17-3)5-4-10(14)12(8)13;1-7-8(2)14(3)12-10(15-4)6-5-9(13)11(7)12;1-4-8-7(2)14-12-10(15-3)6-5-9(13)11(8)12;1-6-7(2)13-11-9(14-3)5-4-8(12)10(6)11/h6-7,10,19H,5,8-9,17H2,1-4H3;5-6,9,18H,7-8,16H2,1-4H3;7-9H,6,16H2,1-5H3;6-8H,15H2,1-5H3;4-5,16H,6-7,14H2,1-3H3;5-6H,13H2,1-4H3;5-6,14H,4,13H2,1-3H3;4-5,13H,12H2,1-3H3. The van der Waals surface area contributed by atoms with Gasteiger partial charge in [-0.05, 0) is 273 Å². The lowest BCUT2D eigenvalue weighted by atomic mass is 9.97. The fourth-order valence-corrected chi connectivity index (χ4v) is 19.2. The van der Waals surface area contributed by atoms with Crippen molar-refractivity contribution in [1.82, 2.24) is 37.4 Å². The Kier molecular flexibility index (Phi) is 33.6. The number of aromatic amines is 2. The van der Waals surface area contributed by atoms with E-state index in [1.54, 1.807) is 28.4 Å². The molecule has 8 heterocycles. The number of nitrogens with one attached hydrogen (secondary N) is 2. The second-order valence-electron chi connectivity index (χ2n) is 35.8. The first-order valence-corrected chi connectivity index (χ1v) is 45.9. The van der Waals surface area contributed by atoms with Crippen molar-refractivity contribution in [1.29, 1.82) is 0 Å². The summed E-state index contributed by atoms with van der Waals surface area (Å²) in [5, 5.41) is 36.9. The lowest BCUT2D eigenvalue weighted by molar-refractivity contribution is 0.276. The van der Waals surface area contributed by atoms with Gasteiger partial charge in [0.15, 0.2) is 0 Å². The Bertz CT molecular complexity index is 6780. The van der Waals surface area contributed by atoms with E-state index in [-0.39, 0.29) is 19.8 Å². The van der Waals surface area contributed by atoms with Crippen LogP contribution in [-0.2, 0) is 60.0 Å². The molecule has 0 atom stereocenters. The smallest absolute Gasteiger partial charge is 0.143 e. The fraction of sp³-hybridized carbons (Fsp3) is 0.407. The predicted molar refractivity (Wildman–Crippen MR) is 560 cm³/mol. The number of aromatic nitrogens is 8. The minimum absolute atomic E-state index is 0.0992. The van der Waals surface area contributed by atoms with Crippen molar-refractivity contribution in [3.05, 3.63) is 209 Å². The van der Waals surface area contributed by atoms with Gasteiger partial charge in [0.1, 0.15) is 23.0 Å². The first-order chi connectivity index (χ1) is 62.0. The zero-order valence-electron chi connectivity index (χ0n) is 84.2. The average Bonchev–Trinajstić information content (AvgIpc) is 1.60. The average molecular weight is 1790 g/mol. The molecule has 0 saturated carbocycles. The number of rotatable bonds is 17. The van der Waals surface area contributed by atoms with Crippen LogP contribution in [0.3, 0.4) is 0 Å². The summed E-state index contributed by atoms with van der Waals surface area (Å²) in [5.41, 5.74) is 89.3. The molecule has 0 aliphatic rings. The summed E-state index contributed by atoms with van der Waals surface area (Å²) in [6.07, 6.45) is 2.98. The molecule has 16 rings (SSSR count). The summed E-state index contributed by atoms with van der Waals surface area (Å²) in [5.74, 6) is 5.29. The maximum atomic E-state index is 9.33. The molecular weight excluding hydrogens is 1630 g/mol. The summed E-state index contributed by atoms with van der Waals surface area (Å²) < 4.78 is 34.5. The Morgan fingerprint density at radius 2 is 0.534 bits per heavy atom. The van der Waals surface area contributed by atoms with E-state index in [9.17, 15) is 10.2 Å². The largest absolute Gasteiger partial charge is 0.495 e.